The van der Waals surface area contributed by atoms with Crippen LogP contribution >= 0.6 is 0 Å². The number of aromatic nitrogens is 3. The Morgan fingerprint density at radius 2 is 1.93 bits per heavy atom. The van der Waals surface area contributed by atoms with Crippen molar-refractivity contribution in [3.05, 3.63) is 83.3 Å². The van der Waals surface area contributed by atoms with E-state index in [2.05, 4.69) is 64.4 Å². The van der Waals surface area contributed by atoms with Crippen molar-refractivity contribution in [2.45, 2.75) is 19.9 Å². The molecule has 0 saturated heterocycles. The van der Waals surface area contributed by atoms with Gasteiger partial charge in [-0.1, -0.05) is 35.0 Å². The van der Waals surface area contributed by atoms with E-state index in [4.69, 9.17) is 16.0 Å². The summed E-state index contributed by atoms with van der Waals surface area (Å²) < 4.78 is 7.62. The SMILES string of the molecule is Cc1cccc(Cn2ccc(Cc3cc(-c4ccc(N)nc4N)on3)c2)c1. The Hall–Kier alpha value is -3.54. The number of hydrogen-bond acceptors (Lipinski definition) is 5. The quantitative estimate of drug-likeness (QED) is 0.567. The molecule has 0 bridgehead atoms. The van der Waals surface area contributed by atoms with Crippen LogP contribution in [-0.4, -0.2) is 14.7 Å². The Bertz CT molecular complexity index is 1080. The number of anilines is 2. The number of nitrogens with zero attached hydrogens (tertiary/aromatic N) is 3. The highest BCUT2D eigenvalue weighted by Gasteiger charge is 2.12. The minimum absolute atomic E-state index is 0.335. The van der Waals surface area contributed by atoms with Crippen LogP contribution in [0.25, 0.3) is 11.3 Å². The zero-order valence-electron chi connectivity index (χ0n) is 15.1. The molecule has 0 aliphatic heterocycles. The molecule has 4 rings (SSSR count). The summed E-state index contributed by atoms with van der Waals surface area (Å²) in [7, 11) is 0. The highest BCUT2D eigenvalue weighted by atomic mass is 16.5. The van der Waals surface area contributed by atoms with Crippen LogP contribution in [0, 0.1) is 6.92 Å². The summed E-state index contributed by atoms with van der Waals surface area (Å²) in [5, 5.41) is 4.16. The first-order valence-corrected chi connectivity index (χ1v) is 8.75. The molecule has 0 aliphatic carbocycles. The summed E-state index contributed by atoms with van der Waals surface area (Å²) in [6.07, 6.45) is 4.91. The second-order valence-corrected chi connectivity index (χ2v) is 6.71. The van der Waals surface area contributed by atoms with E-state index < -0.39 is 0 Å². The van der Waals surface area contributed by atoms with E-state index in [0.29, 0.717) is 29.4 Å². The van der Waals surface area contributed by atoms with E-state index in [-0.39, 0.29) is 0 Å². The molecule has 136 valence electrons. The molecule has 4 N–H and O–H groups in total. The van der Waals surface area contributed by atoms with Gasteiger partial charge in [0.1, 0.15) is 11.6 Å². The lowest BCUT2D eigenvalue weighted by molar-refractivity contribution is 0.425. The van der Waals surface area contributed by atoms with Crippen LogP contribution in [0.2, 0.25) is 0 Å². The van der Waals surface area contributed by atoms with Gasteiger partial charge in [0.05, 0.1) is 11.3 Å². The average Bonchev–Trinajstić information content (AvgIpc) is 3.25. The van der Waals surface area contributed by atoms with Crippen LogP contribution in [0.15, 0.2) is 65.4 Å². The molecule has 0 unspecified atom stereocenters. The summed E-state index contributed by atoms with van der Waals surface area (Å²) in [4.78, 5) is 4.06. The number of nitrogen functional groups attached to an aromatic ring is 2. The molecular weight excluding hydrogens is 338 g/mol. The molecule has 6 nitrogen and oxygen atoms in total. The minimum Gasteiger partial charge on any atom is -0.384 e. The third-order valence-electron chi connectivity index (χ3n) is 4.42. The van der Waals surface area contributed by atoms with Crippen molar-refractivity contribution in [1.29, 1.82) is 0 Å². The molecule has 0 amide bonds. The van der Waals surface area contributed by atoms with Gasteiger partial charge in [-0.2, -0.15) is 0 Å². The van der Waals surface area contributed by atoms with Crippen LogP contribution in [-0.2, 0) is 13.0 Å². The molecule has 3 aromatic heterocycles. The lowest BCUT2D eigenvalue weighted by Crippen LogP contribution is -1.97. The highest BCUT2D eigenvalue weighted by Crippen LogP contribution is 2.26. The lowest BCUT2D eigenvalue weighted by Gasteiger charge is -2.04. The first-order chi connectivity index (χ1) is 13.1. The third kappa shape index (κ3) is 3.84. The molecule has 1 aromatic carbocycles. The number of nitrogens with two attached hydrogens (primary N) is 2. The van der Waals surface area contributed by atoms with Gasteiger partial charge in [0.25, 0.3) is 0 Å². The largest absolute Gasteiger partial charge is 0.384 e. The standard InChI is InChI=1S/C21H21N5O/c1-14-3-2-4-15(9-14)12-26-8-7-16(13-26)10-17-11-19(27-25-17)18-5-6-20(22)24-21(18)23/h2-9,11,13H,10,12H2,1H3,(H4,22,23,24). The van der Waals surface area contributed by atoms with E-state index in [1.807, 2.05) is 6.07 Å². The summed E-state index contributed by atoms with van der Waals surface area (Å²) >= 11 is 0. The predicted octanol–water partition coefficient (Wildman–Crippen LogP) is 3.65. The molecule has 0 atom stereocenters. The van der Waals surface area contributed by atoms with Crippen molar-refractivity contribution in [2.75, 3.05) is 11.5 Å². The van der Waals surface area contributed by atoms with E-state index in [9.17, 15) is 0 Å². The molecule has 0 spiro atoms. The average molecular weight is 359 g/mol. The fourth-order valence-electron chi connectivity index (χ4n) is 3.14. The van der Waals surface area contributed by atoms with Crippen LogP contribution in [0.3, 0.4) is 0 Å². The van der Waals surface area contributed by atoms with Crippen LogP contribution in [0.4, 0.5) is 11.6 Å². The minimum atomic E-state index is 0.335. The van der Waals surface area contributed by atoms with Crippen LogP contribution in [0.1, 0.15) is 22.4 Å². The first-order valence-electron chi connectivity index (χ1n) is 8.75. The fourth-order valence-corrected chi connectivity index (χ4v) is 3.14. The van der Waals surface area contributed by atoms with Crippen LogP contribution < -0.4 is 11.5 Å². The van der Waals surface area contributed by atoms with Crippen molar-refractivity contribution in [3.63, 3.8) is 0 Å². The van der Waals surface area contributed by atoms with Crippen molar-refractivity contribution in [1.82, 2.24) is 14.7 Å². The van der Waals surface area contributed by atoms with Crippen molar-refractivity contribution in [3.8, 4) is 11.3 Å². The van der Waals surface area contributed by atoms with Gasteiger partial charge in [-0.15, -0.1) is 0 Å². The lowest BCUT2D eigenvalue weighted by atomic mass is 10.1. The number of aryl methyl sites for hydroxylation is 1. The summed E-state index contributed by atoms with van der Waals surface area (Å²) in [5.74, 6) is 1.31. The molecule has 4 aromatic rings. The van der Waals surface area contributed by atoms with E-state index in [0.717, 1.165) is 12.2 Å². The second-order valence-electron chi connectivity index (χ2n) is 6.71. The normalized spacial score (nSPS) is 11.0. The molecule has 0 aliphatic rings. The Balaban J connectivity index is 1.47. The Morgan fingerprint density at radius 1 is 1.04 bits per heavy atom. The van der Waals surface area contributed by atoms with Gasteiger partial charge in [0, 0.05) is 31.4 Å². The Kier molecular flexibility index (Phi) is 4.38. The van der Waals surface area contributed by atoms with Gasteiger partial charge in [-0.05, 0) is 36.2 Å². The molecule has 3 heterocycles. The van der Waals surface area contributed by atoms with E-state index >= 15 is 0 Å². The molecule has 27 heavy (non-hydrogen) atoms. The summed E-state index contributed by atoms with van der Waals surface area (Å²) in [5.41, 5.74) is 16.8. The van der Waals surface area contributed by atoms with Crippen molar-refractivity contribution in [2.24, 2.45) is 0 Å². The predicted molar refractivity (Wildman–Crippen MR) is 106 cm³/mol. The molecule has 0 radical (unpaired) electrons. The Morgan fingerprint density at radius 3 is 2.74 bits per heavy atom. The zero-order chi connectivity index (χ0) is 18.8. The maximum absolute atomic E-state index is 5.92. The van der Waals surface area contributed by atoms with E-state index in [1.54, 1.807) is 12.1 Å². The molecule has 0 saturated carbocycles. The van der Waals surface area contributed by atoms with Crippen molar-refractivity contribution >= 4 is 11.6 Å². The van der Waals surface area contributed by atoms with Gasteiger partial charge in [0.15, 0.2) is 5.76 Å². The molecule has 6 heteroatoms. The van der Waals surface area contributed by atoms with E-state index in [1.165, 1.54) is 16.7 Å². The number of rotatable bonds is 5. The van der Waals surface area contributed by atoms with Gasteiger partial charge >= 0.3 is 0 Å². The monoisotopic (exact) mass is 359 g/mol. The van der Waals surface area contributed by atoms with Gasteiger partial charge < -0.3 is 20.6 Å². The van der Waals surface area contributed by atoms with Crippen molar-refractivity contribution < 1.29 is 4.52 Å². The number of pyridine rings is 1. The smallest absolute Gasteiger partial charge is 0.170 e. The topological polar surface area (TPSA) is 95.9 Å². The summed E-state index contributed by atoms with van der Waals surface area (Å²) in [6, 6.07) is 16.0. The first kappa shape index (κ1) is 16.9. The molecule has 0 fully saturated rings. The van der Waals surface area contributed by atoms with Gasteiger partial charge in [0.2, 0.25) is 0 Å². The summed E-state index contributed by atoms with van der Waals surface area (Å²) in [6.45, 7) is 2.95. The second kappa shape index (κ2) is 6.99. The zero-order valence-corrected chi connectivity index (χ0v) is 15.1. The third-order valence-corrected chi connectivity index (χ3v) is 4.42. The fraction of sp³-hybridized carbons (Fsp3) is 0.143. The van der Waals surface area contributed by atoms with Crippen LogP contribution in [0.5, 0.6) is 0 Å². The molecular formula is C21H21N5O. The van der Waals surface area contributed by atoms with Gasteiger partial charge in [-0.25, -0.2) is 4.98 Å². The van der Waals surface area contributed by atoms with Gasteiger partial charge in [-0.3, -0.25) is 0 Å². The Labute approximate surface area is 157 Å². The number of hydrogen-bond donors (Lipinski definition) is 2. The highest BCUT2D eigenvalue weighted by molar-refractivity contribution is 5.71. The maximum Gasteiger partial charge on any atom is 0.170 e. The maximum atomic E-state index is 5.92. The number of benzene rings is 1.